The molecular weight excluding hydrogens is 240 g/mol. The number of likely N-dealkylation sites (tertiary alicyclic amines) is 1. The van der Waals surface area contributed by atoms with E-state index in [1.54, 1.807) is 4.90 Å². The molecule has 0 aromatic heterocycles. The van der Waals surface area contributed by atoms with E-state index in [1.807, 2.05) is 13.8 Å². The van der Waals surface area contributed by atoms with Crippen molar-refractivity contribution in [1.29, 1.82) is 0 Å². The van der Waals surface area contributed by atoms with Gasteiger partial charge in [0.15, 0.2) is 0 Å². The Bertz CT molecular complexity index is 256. The van der Waals surface area contributed by atoms with Crippen LogP contribution in [0, 0.1) is 0 Å². The van der Waals surface area contributed by atoms with Crippen molar-refractivity contribution in [3.63, 3.8) is 0 Å². The molecule has 0 saturated carbocycles. The molecule has 1 unspecified atom stereocenters. The molecule has 1 rings (SSSR count). The maximum absolute atomic E-state index is 12.2. The Kier molecular flexibility index (Phi) is 6.32. The molecule has 1 aliphatic rings. The summed E-state index contributed by atoms with van der Waals surface area (Å²) in [6, 6.07) is 0.101. The fourth-order valence-corrected chi connectivity index (χ4v) is 2.01. The molecule has 1 fully saturated rings. The van der Waals surface area contributed by atoms with Gasteiger partial charge in [0.2, 0.25) is 0 Å². The van der Waals surface area contributed by atoms with Crippen molar-refractivity contribution in [2.75, 3.05) is 19.6 Å². The lowest BCUT2D eigenvalue weighted by Gasteiger charge is -2.32. The van der Waals surface area contributed by atoms with Gasteiger partial charge < -0.3 is 10.6 Å². The van der Waals surface area contributed by atoms with Crippen LogP contribution in [-0.2, 0) is 0 Å². The third kappa shape index (κ3) is 5.62. The van der Waals surface area contributed by atoms with E-state index in [0.717, 1.165) is 19.3 Å². The number of nitrogens with zero attached hydrogens (tertiary/aromatic N) is 1. The van der Waals surface area contributed by atoms with Gasteiger partial charge in [-0.25, -0.2) is 13.6 Å². The summed E-state index contributed by atoms with van der Waals surface area (Å²) in [5.74, 6) is 0. The Hall–Kier alpha value is -0.910. The van der Waals surface area contributed by atoms with Crippen LogP contribution in [0.2, 0.25) is 0 Å². The van der Waals surface area contributed by atoms with Crippen molar-refractivity contribution in [1.82, 2.24) is 15.5 Å². The summed E-state index contributed by atoms with van der Waals surface area (Å²) in [6.07, 6.45) is 0.0878. The summed E-state index contributed by atoms with van der Waals surface area (Å²) < 4.78 is 24.4. The number of rotatable bonds is 5. The van der Waals surface area contributed by atoms with Crippen LogP contribution in [-0.4, -0.2) is 49.1 Å². The number of alkyl halides is 2. The molecule has 18 heavy (non-hydrogen) atoms. The van der Waals surface area contributed by atoms with Gasteiger partial charge in [-0.2, -0.15) is 0 Å². The van der Waals surface area contributed by atoms with E-state index in [2.05, 4.69) is 10.6 Å². The molecule has 1 saturated heterocycles. The quantitative estimate of drug-likeness (QED) is 0.794. The molecule has 0 radical (unpaired) electrons. The van der Waals surface area contributed by atoms with Crippen molar-refractivity contribution in [2.45, 2.75) is 51.6 Å². The lowest BCUT2D eigenvalue weighted by Crippen LogP contribution is -2.50. The first kappa shape index (κ1) is 15.1. The largest absolute Gasteiger partial charge is 0.336 e. The third-order valence-corrected chi connectivity index (χ3v) is 3.31. The van der Waals surface area contributed by atoms with Gasteiger partial charge in [-0.1, -0.05) is 6.92 Å². The monoisotopic (exact) mass is 263 g/mol. The van der Waals surface area contributed by atoms with Crippen LogP contribution in [0.25, 0.3) is 0 Å². The zero-order valence-electron chi connectivity index (χ0n) is 11.1. The van der Waals surface area contributed by atoms with E-state index in [-0.39, 0.29) is 24.7 Å². The predicted octanol–water partition coefficient (Wildman–Crippen LogP) is 1.81. The first-order valence-electron chi connectivity index (χ1n) is 6.58. The molecule has 1 atom stereocenters. The number of urea groups is 1. The van der Waals surface area contributed by atoms with Crippen LogP contribution in [0.15, 0.2) is 0 Å². The van der Waals surface area contributed by atoms with E-state index in [1.165, 1.54) is 0 Å². The Labute approximate surface area is 107 Å². The minimum Gasteiger partial charge on any atom is -0.336 e. The highest BCUT2D eigenvalue weighted by molar-refractivity contribution is 5.74. The average molecular weight is 263 g/mol. The molecule has 0 bridgehead atoms. The van der Waals surface area contributed by atoms with Gasteiger partial charge in [0.05, 0.1) is 6.54 Å². The van der Waals surface area contributed by atoms with Crippen molar-refractivity contribution in [3.8, 4) is 0 Å². The number of halogens is 2. The number of piperidine rings is 1. The van der Waals surface area contributed by atoms with Crippen molar-refractivity contribution in [3.05, 3.63) is 0 Å². The first-order chi connectivity index (χ1) is 8.51. The number of carbonyl (C=O) groups is 1. The molecule has 0 aromatic carbocycles. The lowest BCUT2D eigenvalue weighted by molar-refractivity contribution is 0.0736. The van der Waals surface area contributed by atoms with Crippen LogP contribution in [0.1, 0.15) is 33.1 Å². The van der Waals surface area contributed by atoms with Crippen molar-refractivity contribution >= 4 is 6.03 Å². The van der Waals surface area contributed by atoms with Gasteiger partial charge >= 0.3 is 6.03 Å². The molecule has 1 heterocycles. The Morgan fingerprint density at radius 2 is 2.00 bits per heavy atom. The molecule has 0 aromatic rings. The minimum absolute atomic E-state index is 0.1000. The number of amides is 2. The maximum atomic E-state index is 12.2. The molecule has 1 aliphatic heterocycles. The molecule has 106 valence electrons. The zero-order valence-corrected chi connectivity index (χ0v) is 11.1. The molecule has 2 amide bonds. The fourth-order valence-electron chi connectivity index (χ4n) is 2.01. The fraction of sp³-hybridized carbons (Fsp3) is 0.917. The molecule has 2 N–H and O–H groups in total. The second-order valence-corrected chi connectivity index (χ2v) is 4.89. The highest BCUT2D eigenvalue weighted by Gasteiger charge is 2.22. The minimum atomic E-state index is -2.27. The summed E-state index contributed by atoms with van der Waals surface area (Å²) in [7, 11) is 0. The number of carbonyl (C=O) groups excluding carboxylic acids is 1. The first-order valence-corrected chi connectivity index (χ1v) is 6.58. The normalized spacial score (nSPS) is 19.8. The van der Waals surface area contributed by atoms with Gasteiger partial charge in [-0.3, -0.25) is 4.90 Å². The summed E-state index contributed by atoms with van der Waals surface area (Å²) in [5, 5.41) is 5.73. The van der Waals surface area contributed by atoms with E-state index in [4.69, 9.17) is 0 Å². The third-order valence-electron chi connectivity index (χ3n) is 3.31. The molecule has 4 nitrogen and oxygen atoms in total. The maximum Gasteiger partial charge on any atom is 0.315 e. The number of hydrogen-bond acceptors (Lipinski definition) is 2. The summed E-state index contributed by atoms with van der Waals surface area (Å²) in [4.78, 5) is 13.3. The second kappa shape index (κ2) is 7.51. The van der Waals surface area contributed by atoms with Crippen LogP contribution in [0.4, 0.5) is 13.6 Å². The van der Waals surface area contributed by atoms with Crippen molar-refractivity contribution < 1.29 is 13.6 Å². The standard InChI is InChI=1S/C12H23F2N3O/c1-3-9(2)15-12(18)16-10-4-6-17(7-5-10)8-11(13)14/h9-11H,3-8H2,1-2H3,(H2,15,16,18). The summed E-state index contributed by atoms with van der Waals surface area (Å²) in [5.41, 5.74) is 0. The SMILES string of the molecule is CCC(C)NC(=O)NC1CCN(CC(F)F)CC1. The van der Waals surface area contributed by atoms with Gasteiger partial charge in [-0.15, -0.1) is 0 Å². The summed E-state index contributed by atoms with van der Waals surface area (Å²) >= 11 is 0. The smallest absolute Gasteiger partial charge is 0.315 e. The highest BCUT2D eigenvalue weighted by Crippen LogP contribution is 2.11. The lowest BCUT2D eigenvalue weighted by atomic mass is 10.1. The average Bonchev–Trinajstić information content (AvgIpc) is 2.30. The van der Waals surface area contributed by atoms with E-state index in [9.17, 15) is 13.6 Å². The predicted molar refractivity (Wildman–Crippen MR) is 66.9 cm³/mol. The van der Waals surface area contributed by atoms with E-state index >= 15 is 0 Å². The molecule has 0 spiro atoms. The highest BCUT2D eigenvalue weighted by atomic mass is 19.3. The van der Waals surface area contributed by atoms with Crippen LogP contribution >= 0.6 is 0 Å². The number of nitrogens with one attached hydrogen (secondary N) is 2. The molecule has 0 aliphatic carbocycles. The van der Waals surface area contributed by atoms with E-state index in [0.29, 0.717) is 13.1 Å². The van der Waals surface area contributed by atoms with Crippen LogP contribution < -0.4 is 10.6 Å². The number of hydrogen-bond donors (Lipinski definition) is 2. The van der Waals surface area contributed by atoms with Gasteiger partial charge in [0, 0.05) is 25.2 Å². The van der Waals surface area contributed by atoms with Crippen molar-refractivity contribution in [2.24, 2.45) is 0 Å². The summed E-state index contributed by atoms with van der Waals surface area (Å²) in [6.45, 7) is 5.04. The molecule has 6 heteroatoms. The van der Waals surface area contributed by atoms with Crippen LogP contribution in [0.5, 0.6) is 0 Å². The Morgan fingerprint density at radius 1 is 1.39 bits per heavy atom. The van der Waals surface area contributed by atoms with Gasteiger partial charge in [-0.05, 0) is 26.2 Å². The Morgan fingerprint density at radius 3 is 2.50 bits per heavy atom. The van der Waals surface area contributed by atoms with Gasteiger partial charge in [0.1, 0.15) is 0 Å². The molecular formula is C12H23F2N3O. The Balaban J connectivity index is 2.21. The second-order valence-electron chi connectivity index (χ2n) is 4.89. The topological polar surface area (TPSA) is 44.4 Å². The van der Waals surface area contributed by atoms with E-state index < -0.39 is 6.43 Å². The zero-order chi connectivity index (χ0) is 13.5. The van der Waals surface area contributed by atoms with Crippen LogP contribution in [0.3, 0.4) is 0 Å². The van der Waals surface area contributed by atoms with Gasteiger partial charge in [0.25, 0.3) is 6.43 Å².